The summed E-state index contributed by atoms with van der Waals surface area (Å²) in [7, 11) is 0. The van der Waals surface area contributed by atoms with Gasteiger partial charge < -0.3 is 10.2 Å². The average molecular weight is 274 g/mol. The van der Waals surface area contributed by atoms with E-state index in [-0.39, 0.29) is 18.2 Å². The van der Waals surface area contributed by atoms with Crippen LogP contribution in [0.1, 0.15) is 31.2 Å². The fourth-order valence-corrected chi connectivity index (χ4v) is 2.45. The zero-order valence-electron chi connectivity index (χ0n) is 11.8. The monoisotopic (exact) mass is 274 g/mol. The SMILES string of the molecule is O=C(CC(=O)N1CCCCC1)NCCc1ccccc1. The number of amides is 2. The number of rotatable bonds is 5. The van der Waals surface area contributed by atoms with Crippen molar-refractivity contribution in [2.24, 2.45) is 0 Å². The van der Waals surface area contributed by atoms with Crippen LogP contribution in [-0.2, 0) is 16.0 Å². The van der Waals surface area contributed by atoms with Gasteiger partial charge in [0.1, 0.15) is 6.42 Å². The van der Waals surface area contributed by atoms with Crippen molar-refractivity contribution in [1.82, 2.24) is 10.2 Å². The van der Waals surface area contributed by atoms with Gasteiger partial charge in [-0.2, -0.15) is 0 Å². The first kappa shape index (κ1) is 14.6. The average Bonchev–Trinajstić information content (AvgIpc) is 2.49. The Balaban J connectivity index is 1.66. The van der Waals surface area contributed by atoms with Crippen LogP contribution < -0.4 is 5.32 Å². The Morgan fingerprint density at radius 2 is 1.75 bits per heavy atom. The largest absolute Gasteiger partial charge is 0.355 e. The molecule has 0 radical (unpaired) electrons. The van der Waals surface area contributed by atoms with E-state index in [4.69, 9.17) is 0 Å². The first-order valence-corrected chi connectivity index (χ1v) is 7.34. The van der Waals surface area contributed by atoms with Gasteiger partial charge in [-0.05, 0) is 31.2 Å². The van der Waals surface area contributed by atoms with E-state index in [9.17, 15) is 9.59 Å². The molecule has 1 heterocycles. The molecule has 1 N–H and O–H groups in total. The number of nitrogens with one attached hydrogen (secondary N) is 1. The fourth-order valence-electron chi connectivity index (χ4n) is 2.45. The summed E-state index contributed by atoms with van der Waals surface area (Å²) in [6.07, 6.45) is 4.08. The van der Waals surface area contributed by atoms with Crippen LogP contribution in [0.2, 0.25) is 0 Å². The summed E-state index contributed by atoms with van der Waals surface area (Å²) in [4.78, 5) is 25.4. The molecule has 1 aliphatic rings. The van der Waals surface area contributed by atoms with Crippen molar-refractivity contribution >= 4 is 11.8 Å². The predicted octanol–water partition coefficient (Wildman–Crippen LogP) is 1.75. The summed E-state index contributed by atoms with van der Waals surface area (Å²) in [6, 6.07) is 10.0. The Morgan fingerprint density at radius 1 is 1.05 bits per heavy atom. The number of benzene rings is 1. The lowest BCUT2D eigenvalue weighted by atomic mass is 10.1. The number of hydrogen-bond acceptors (Lipinski definition) is 2. The Kier molecular flexibility index (Phi) is 5.59. The van der Waals surface area contributed by atoms with Gasteiger partial charge in [0.2, 0.25) is 11.8 Å². The molecule has 1 aromatic carbocycles. The molecule has 0 atom stereocenters. The molecule has 108 valence electrons. The maximum absolute atomic E-state index is 11.9. The second-order valence-electron chi connectivity index (χ2n) is 5.20. The fraction of sp³-hybridized carbons (Fsp3) is 0.500. The topological polar surface area (TPSA) is 49.4 Å². The minimum Gasteiger partial charge on any atom is -0.355 e. The highest BCUT2D eigenvalue weighted by Gasteiger charge is 2.18. The van der Waals surface area contributed by atoms with Crippen molar-refractivity contribution in [3.63, 3.8) is 0 Å². The number of carbonyl (C=O) groups is 2. The Hall–Kier alpha value is -1.84. The summed E-state index contributed by atoms with van der Waals surface area (Å²) in [6.45, 7) is 2.18. The number of nitrogens with zero attached hydrogens (tertiary/aromatic N) is 1. The molecule has 0 aliphatic carbocycles. The Bertz CT molecular complexity index is 439. The highest BCUT2D eigenvalue weighted by atomic mass is 16.2. The molecular formula is C16H22N2O2. The Morgan fingerprint density at radius 3 is 2.45 bits per heavy atom. The number of hydrogen-bond donors (Lipinski definition) is 1. The van der Waals surface area contributed by atoms with E-state index in [2.05, 4.69) is 5.32 Å². The molecule has 0 aromatic heterocycles. The summed E-state index contributed by atoms with van der Waals surface area (Å²) in [5, 5.41) is 2.81. The molecule has 20 heavy (non-hydrogen) atoms. The van der Waals surface area contributed by atoms with E-state index in [1.54, 1.807) is 4.90 Å². The zero-order chi connectivity index (χ0) is 14.2. The van der Waals surface area contributed by atoms with Gasteiger partial charge in [0, 0.05) is 19.6 Å². The van der Waals surface area contributed by atoms with Crippen molar-refractivity contribution in [2.75, 3.05) is 19.6 Å². The molecule has 0 spiro atoms. The summed E-state index contributed by atoms with van der Waals surface area (Å²) in [5.74, 6) is -0.210. The smallest absolute Gasteiger partial charge is 0.232 e. The van der Waals surface area contributed by atoms with E-state index in [1.807, 2.05) is 30.3 Å². The summed E-state index contributed by atoms with van der Waals surface area (Å²) >= 11 is 0. The van der Waals surface area contributed by atoms with E-state index < -0.39 is 0 Å². The van der Waals surface area contributed by atoms with E-state index in [0.717, 1.165) is 32.4 Å². The lowest BCUT2D eigenvalue weighted by Crippen LogP contribution is -2.39. The van der Waals surface area contributed by atoms with Crippen molar-refractivity contribution in [1.29, 1.82) is 0 Å². The minimum atomic E-state index is -0.170. The lowest BCUT2D eigenvalue weighted by molar-refractivity contribution is -0.136. The number of carbonyl (C=O) groups excluding carboxylic acids is 2. The molecule has 1 aromatic rings. The van der Waals surface area contributed by atoms with E-state index >= 15 is 0 Å². The third kappa shape index (κ3) is 4.68. The molecule has 2 rings (SSSR count). The van der Waals surface area contributed by atoms with Gasteiger partial charge >= 0.3 is 0 Å². The van der Waals surface area contributed by atoms with Gasteiger partial charge in [0.05, 0.1) is 0 Å². The normalized spacial score (nSPS) is 14.9. The molecule has 2 amide bonds. The molecule has 1 fully saturated rings. The zero-order valence-corrected chi connectivity index (χ0v) is 11.8. The predicted molar refractivity (Wildman–Crippen MR) is 78.2 cm³/mol. The summed E-state index contributed by atoms with van der Waals surface area (Å²) < 4.78 is 0. The minimum absolute atomic E-state index is 0.0191. The van der Waals surface area contributed by atoms with Gasteiger partial charge in [0.25, 0.3) is 0 Å². The first-order chi connectivity index (χ1) is 9.75. The van der Waals surface area contributed by atoms with E-state index in [0.29, 0.717) is 6.54 Å². The van der Waals surface area contributed by atoms with Gasteiger partial charge in [-0.25, -0.2) is 0 Å². The van der Waals surface area contributed by atoms with Gasteiger partial charge in [-0.1, -0.05) is 30.3 Å². The van der Waals surface area contributed by atoms with E-state index in [1.165, 1.54) is 12.0 Å². The quantitative estimate of drug-likeness (QED) is 0.832. The maximum Gasteiger partial charge on any atom is 0.232 e. The molecule has 1 saturated heterocycles. The van der Waals surface area contributed by atoms with Crippen LogP contribution in [0, 0.1) is 0 Å². The second-order valence-corrected chi connectivity index (χ2v) is 5.20. The van der Waals surface area contributed by atoms with Crippen LogP contribution in [0.4, 0.5) is 0 Å². The third-order valence-electron chi connectivity index (χ3n) is 3.60. The van der Waals surface area contributed by atoms with Crippen molar-refractivity contribution < 1.29 is 9.59 Å². The lowest BCUT2D eigenvalue weighted by Gasteiger charge is -2.26. The molecule has 4 heteroatoms. The standard InChI is InChI=1S/C16H22N2O2/c19-15(13-16(20)18-11-5-2-6-12-18)17-10-9-14-7-3-1-4-8-14/h1,3-4,7-8H,2,5-6,9-13H2,(H,17,19). The summed E-state index contributed by atoms with van der Waals surface area (Å²) in [5.41, 5.74) is 1.19. The highest BCUT2D eigenvalue weighted by molar-refractivity contribution is 5.96. The van der Waals surface area contributed by atoms with Crippen LogP contribution in [-0.4, -0.2) is 36.3 Å². The molecule has 0 bridgehead atoms. The number of likely N-dealkylation sites (tertiary alicyclic amines) is 1. The molecule has 1 aliphatic heterocycles. The third-order valence-corrected chi connectivity index (χ3v) is 3.60. The van der Waals surface area contributed by atoms with Gasteiger partial charge in [-0.3, -0.25) is 9.59 Å². The van der Waals surface area contributed by atoms with Crippen LogP contribution >= 0.6 is 0 Å². The second kappa shape index (κ2) is 7.68. The highest BCUT2D eigenvalue weighted by Crippen LogP contribution is 2.09. The molecule has 0 unspecified atom stereocenters. The maximum atomic E-state index is 11.9. The molecular weight excluding hydrogens is 252 g/mol. The van der Waals surface area contributed by atoms with Crippen LogP contribution in [0.5, 0.6) is 0 Å². The molecule has 0 saturated carbocycles. The van der Waals surface area contributed by atoms with Crippen LogP contribution in [0.3, 0.4) is 0 Å². The van der Waals surface area contributed by atoms with Crippen molar-refractivity contribution in [3.05, 3.63) is 35.9 Å². The first-order valence-electron chi connectivity index (χ1n) is 7.34. The Labute approximate surface area is 120 Å². The number of piperidine rings is 1. The van der Waals surface area contributed by atoms with Crippen LogP contribution in [0.15, 0.2) is 30.3 Å². The van der Waals surface area contributed by atoms with Gasteiger partial charge in [-0.15, -0.1) is 0 Å². The van der Waals surface area contributed by atoms with Crippen LogP contribution in [0.25, 0.3) is 0 Å². The van der Waals surface area contributed by atoms with Crippen molar-refractivity contribution in [3.8, 4) is 0 Å². The van der Waals surface area contributed by atoms with Gasteiger partial charge in [0.15, 0.2) is 0 Å². The van der Waals surface area contributed by atoms with Crippen molar-refractivity contribution in [2.45, 2.75) is 32.1 Å². The molecule has 4 nitrogen and oxygen atoms in total.